The Labute approximate surface area is 601 Å². The lowest BCUT2D eigenvalue weighted by atomic mass is 9.98. The lowest BCUT2D eigenvalue weighted by Crippen LogP contribution is -2.02. The maximum Gasteiger partial charge on any atom is 0.160 e. The largest absolute Gasteiger partial charge is 0.309 e. The molecule has 7 aromatic heterocycles. The van der Waals surface area contributed by atoms with E-state index in [1.54, 1.807) is 0 Å². The number of hydrogen-bond acceptors (Lipinski definition) is 6. The number of aromatic nitrogens is 4. The Bertz CT molecular complexity index is 6500. The van der Waals surface area contributed by atoms with Gasteiger partial charge in [0.25, 0.3) is 0 Å². The van der Waals surface area contributed by atoms with E-state index in [4.69, 9.17) is 9.97 Å². The fourth-order valence-corrected chi connectivity index (χ4v) is 20.4. The minimum atomic E-state index is 0.634. The summed E-state index contributed by atoms with van der Waals surface area (Å²) in [6.07, 6.45) is 0. The van der Waals surface area contributed by atoms with Crippen LogP contribution in [0.3, 0.4) is 0 Å². The van der Waals surface area contributed by atoms with Crippen LogP contribution in [-0.2, 0) is 0 Å². The van der Waals surface area contributed by atoms with Gasteiger partial charge in [0.1, 0.15) is 0 Å². The SMILES string of the molecule is c1ccc(-c2cc(-c3ccccc3)nc(-c3cc(-n4c5ccc(-c6ccc7sc8ccccc8c7c6)cc5c5cc(-c6ccc7sc8ccccc8c7c6)ccc54)cc(-n4c5ccc(-c6ccc7sc8ccccc8c7c6)cc5c5cc(-c6ccc7sc8ccccc8c7c6)ccc54)c3)n2)cc1. The maximum atomic E-state index is 5.59. The molecule has 0 bridgehead atoms. The first-order chi connectivity index (χ1) is 50.5. The normalized spacial score (nSPS) is 12.1. The van der Waals surface area contributed by atoms with Gasteiger partial charge < -0.3 is 9.13 Å². The second-order valence-corrected chi connectivity index (χ2v) is 31.1. The molecule has 0 radical (unpaired) electrons. The van der Waals surface area contributed by atoms with Gasteiger partial charge in [-0.25, -0.2) is 9.97 Å². The molecule has 0 aliphatic heterocycles. The van der Waals surface area contributed by atoms with Crippen molar-refractivity contribution in [3.8, 4) is 89.8 Å². The Hall–Kier alpha value is -12.1. The molecule has 0 N–H and O–H groups in total. The molecular weight excluding hydrogens is 1310 g/mol. The summed E-state index contributed by atoms with van der Waals surface area (Å²) in [7, 11) is 0. The topological polar surface area (TPSA) is 35.6 Å². The van der Waals surface area contributed by atoms with E-state index in [1.807, 2.05) is 45.3 Å². The van der Waals surface area contributed by atoms with Crippen LogP contribution >= 0.6 is 45.3 Å². The van der Waals surface area contributed by atoms with Gasteiger partial charge >= 0.3 is 0 Å². The van der Waals surface area contributed by atoms with Crippen molar-refractivity contribution in [1.82, 2.24) is 19.1 Å². The third kappa shape index (κ3) is 9.24. The van der Waals surface area contributed by atoms with Gasteiger partial charge in [0.2, 0.25) is 0 Å². The molecule has 0 fully saturated rings. The van der Waals surface area contributed by atoms with E-state index in [9.17, 15) is 0 Å². The zero-order chi connectivity index (χ0) is 66.7. The molecule has 0 amide bonds. The fourth-order valence-electron chi connectivity index (χ4n) is 16.0. The quantitative estimate of drug-likeness (QED) is 0.144. The molecule has 22 aromatic rings. The van der Waals surface area contributed by atoms with Crippen LogP contribution in [0, 0.1) is 0 Å². The molecule has 0 saturated heterocycles. The summed E-state index contributed by atoms with van der Waals surface area (Å²) >= 11 is 7.44. The van der Waals surface area contributed by atoms with E-state index < -0.39 is 0 Å². The van der Waals surface area contributed by atoms with Gasteiger partial charge in [-0.1, -0.05) is 182 Å². The van der Waals surface area contributed by atoms with Crippen molar-refractivity contribution in [2.75, 3.05) is 0 Å². The smallest absolute Gasteiger partial charge is 0.160 e. The predicted octanol–water partition coefficient (Wildman–Crippen LogP) is 27.8. The molecule has 7 heterocycles. The fraction of sp³-hybridized carbons (Fsp3) is 0. The minimum absolute atomic E-state index is 0.634. The number of nitrogens with zero attached hydrogens (tertiary/aromatic N) is 4. The van der Waals surface area contributed by atoms with Gasteiger partial charge in [-0.3, -0.25) is 0 Å². The van der Waals surface area contributed by atoms with E-state index in [-0.39, 0.29) is 0 Å². The summed E-state index contributed by atoms with van der Waals surface area (Å²) in [5, 5.41) is 15.0. The van der Waals surface area contributed by atoms with Gasteiger partial charge in [-0.15, -0.1) is 45.3 Å². The van der Waals surface area contributed by atoms with Crippen LogP contribution in [0.4, 0.5) is 0 Å². The van der Waals surface area contributed by atoms with Crippen molar-refractivity contribution in [2.24, 2.45) is 0 Å². The molecule has 22 rings (SSSR count). The van der Waals surface area contributed by atoms with Gasteiger partial charge in [0, 0.05) is 130 Å². The summed E-state index contributed by atoms with van der Waals surface area (Å²) in [5.74, 6) is 0.634. The zero-order valence-electron chi connectivity index (χ0n) is 54.6. The van der Waals surface area contributed by atoms with Crippen molar-refractivity contribution in [3.05, 3.63) is 328 Å². The highest BCUT2D eigenvalue weighted by Gasteiger charge is 2.23. The molecule has 102 heavy (non-hydrogen) atoms. The number of thiophene rings is 4. The highest BCUT2D eigenvalue weighted by atomic mass is 32.1. The van der Waals surface area contributed by atoms with Crippen LogP contribution in [0.15, 0.2) is 328 Å². The van der Waals surface area contributed by atoms with Crippen molar-refractivity contribution in [1.29, 1.82) is 0 Å². The minimum Gasteiger partial charge on any atom is -0.309 e. The monoisotopic (exact) mass is 1370 g/mol. The average molecular weight is 1370 g/mol. The lowest BCUT2D eigenvalue weighted by molar-refractivity contribution is 1.12. The molecule has 15 aromatic carbocycles. The first kappa shape index (κ1) is 57.7. The van der Waals surface area contributed by atoms with Crippen LogP contribution in [-0.4, -0.2) is 19.1 Å². The molecule has 474 valence electrons. The van der Waals surface area contributed by atoms with Crippen LogP contribution in [0.1, 0.15) is 0 Å². The zero-order valence-corrected chi connectivity index (χ0v) is 57.9. The number of rotatable bonds is 9. The van der Waals surface area contributed by atoms with Crippen molar-refractivity contribution in [3.63, 3.8) is 0 Å². The highest BCUT2D eigenvalue weighted by Crippen LogP contribution is 2.47. The Kier molecular flexibility index (Phi) is 12.8. The Morgan fingerprint density at radius 2 is 0.431 bits per heavy atom. The molecule has 0 aliphatic carbocycles. The van der Waals surface area contributed by atoms with E-state index >= 15 is 0 Å². The van der Waals surface area contributed by atoms with Gasteiger partial charge in [-0.2, -0.15) is 0 Å². The van der Waals surface area contributed by atoms with Crippen LogP contribution in [0.5, 0.6) is 0 Å². The van der Waals surface area contributed by atoms with Gasteiger partial charge in [-0.05, 0) is 190 Å². The van der Waals surface area contributed by atoms with E-state index in [0.29, 0.717) is 5.82 Å². The summed E-state index contributed by atoms with van der Waals surface area (Å²) in [6, 6.07) is 122. The molecule has 0 atom stereocenters. The Balaban J connectivity index is 0.806. The molecule has 0 spiro atoms. The third-order valence-corrected chi connectivity index (χ3v) is 25.5. The Morgan fingerprint density at radius 3 is 0.735 bits per heavy atom. The number of benzene rings is 15. The predicted molar refractivity (Wildman–Crippen MR) is 440 cm³/mol. The molecule has 8 heteroatoms. The molecule has 4 nitrogen and oxygen atoms in total. The van der Waals surface area contributed by atoms with E-state index in [1.165, 1.54) is 147 Å². The number of hydrogen-bond donors (Lipinski definition) is 0. The maximum absolute atomic E-state index is 5.59. The summed E-state index contributed by atoms with van der Waals surface area (Å²) in [6.45, 7) is 0. The highest BCUT2D eigenvalue weighted by molar-refractivity contribution is 7.27. The van der Waals surface area contributed by atoms with Crippen LogP contribution in [0.25, 0.3) is 214 Å². The molecular formula is C94H54N4S4. The van der Waals surface area contributed by atoms with Gasteiger partial charge in [0.15, 0.2) is 5.82 Å². The number of fused-ring (bicyclic) bond motifs is 18. The van der Waals surface area contributed by atoms with Crippen LogP contribution in [0.2, 0.25) is 0 Å². The Morgan fingerprint density at radius 1 is 0.176 bits per heavy atom. The second kappa shape index (κ2) is 22.7. The average Bonchev–Trinajstić information content (AvgIpc) is 1.57. The van der Waals surface area contributed by atoms with E-state index in [0.717, 1.165) is 61.5 Å². The molecule has 0 aliphatic rings. The first-order valence-corrected chi connectivity index (χ1v) is 37.7. The third-order valence-electron chi connectivity index (χ3n) is 20.9. The molecule has 0 saturated carbocycles. The standard InChI is InChI=1S/C94H54N4S4/c1-3-15-55(16-4-1)80-54-81(56-17-5-2-6-18-56)96-94(95-80)65-43-66(97-82-35-27-57(61-31-39-90-76(49-61)68-19-7-11-23-86(68)99-90)45-72(82)73-46-58(28-36-83(73)97)62-32-40-91-77(50-62)69-20-8-12-24-87(69)100-91)53-67(44-65)98-84-37-29-59(63-33-41-92-78(51-63)70-21-9-13-25-88(70)101-92)47-74(84)75-48-60(30-38-85(75)98)64-34-42-93-79(52-64)71-22-10-14-26-89(71)102-93/h1-54H. The van der Waals surface area contributed by atoms with Crippen molar-refractivity contribution < 1.29 is 0 Å². The second-order valence-electron chi connectivity index (χ2n) is 26.8. The van der Waals surface area contributed by atoms with E-state index in [2.05, 4.69) is 337 Å². The summed E-state index contributed by atoms with van der Waals surface area (Å²) < 4.78 is 15.4. The van der Waals surface area contributed by atoms with Gasteiger partial charge in [0.05, 0.1) is 33.5 Å². The lowest BCUT2D eigenvalue weighted by Gasteiger charge is -2.17. The van der Waals surface area contributed by atoms with Crippen LogP contribution < -0.4 is 0 Å². The summed E-state index contributed by atoms with van der Waals surface area (Å²) in [4.78, 5) is 11.2. The summed E-state index contributed by atoms with van der Waals surface area (Å²) in [5.41, 5.74) is 20.4. The first-order valence-electron chi connectivity index (χ1n) is 34.5. The molecule has 0 unspecified atom stereocenters. The van der Waals surface area contributed by atoms with Crippen molar-refractivity contribution >= 4 is 170 Å². The van der Waals surface area contributed by atoms with Crippen molar-refractivity contribution in [2.45, 2.75) is 0 Å².